The van der Waals surface area contributed by atoms with Gasteiger partial charge in [0.1, 0.15) is 5.75 Å². The first-order chi connectivity index (χ1) is 7.67. The molecule has 0 fully saturated rings. The molecule has 0 saturated carbocycles. The van der Waals surface area contributed by atoms with Crippen molar-refractivity contribution in [2.45, 2.75) is 25.7 Å². The van der Waals surface area contributed by atoms with E-state index >= 15 is 0 Å². The zero-order valence-corrected chi connectivity index (χ0v) is 11.7. The fourth-order valence-electron chi connectivity index (χ4n) is 1.34. The predicted octanol–water partition coefficient (Wildman–Crippen LogP) is 3.38. The van der Waals surface area contributed by atoms with Crippen LogP contribution in [0.1, 0.15) is 31.2 Å². The lowest BCUT2D eigenvalue weighted by Gasteiger charge is -2.12. The molecule has 3 heteroatoms. The van der Waals surface area contributed by atoms with Crippen molar-refractivity contribution < 1.29 is 9.84 Å². The third-order valence-electron chi connectivity index (χ3n) is 2.35. The van der Waals surface area contributed by atoms with Crippen molar-refractivity contribution in [1.29, 1.82) is 0 Å². The second kappa shape index (κ2) is 7.12. The largest absolute Gasteiger partial charge is 0.494 e. The summed E-state index contributed by atoms with van der Waals surface area (Å²) in [7, 11) is 0. The molecule has 0 bridgehead atoms. The van der Waals surface area contributed by atoms with E-state index in [1.165, 1.54) is 0 Å². The molecule has 1 atom stereocenters. The molecule has 0 saturated heterocycles. The summed E-state index contributed by atoms with van der Waals surface area (Å²) in [5, 5.41) is 9.08. The van der Waals surface area contributed by atoms with Crippen molar-refractivity contribution in [1.82, 2.24) is 0 Å². The standard InChI is InChI=1S/C13H18IO2/c1-3-4-5-16-13-7-11(10(2)9-15)6-12(14)8-13/h6-8,10,15H,2-5,9H2,1H3. The number of aliphatic hydroxyl groups excluding tert-OH is 1. The molecule has 0 spiro atoms. The van der Waals surface area contributed by atoms with E-state index < -0.39 is 0 Å². The number of aliphatic hydroxyl groups is 1. The van der Waals surface area contributed by atoms with Crippen LogP contribution < -0.4 is 4.74 Å². The molecule has 0 aliphatic carbocycles. The Morgan fingerprint density at radius 3 is 2.81 bits per heavy atom. The average molecular weight is 333 g/mol. The first kappa shape index (κ1) is 13.8. The molecule has 0 aliphatic heterocycles. The highest BCUT2D eigenvalue weighted by atomic mass is 127. The van der Waals surface area contributed by atoms with E-state index in [0.717, 1.165) is 34.3 Å². The lowest BCUT2D eigenvalue weighted by molar-refractivity contribution is 0.281. The highest BCUT2D eigenvalue weighted by Gasteiger charge is 2.07. The zero-order chi connectivity index (χ0) is 12.0. The minimum absolute atomic E-state index is 0.0640. The Morgan fingerprint density at radius 2 is 2.19 bits per heavy atom. The third-order valence-corrected chi connectivity index (χ3v) is 2.97. The van der Waals surface area contributed by atoms with Crippen LogP contribution in [-0.4, -0.2) is 18.3 Å². The molecule has 1 radical (unpaired) electrons. The number of halogens is 1. The van der Waals surface area contributed by atoms with E-state index in [0.29, 0.717) is 0 Å². The maximum absolute atomic E-state index is 9.08. The van der Waals surface area contributed by atoms with Crippen molar-refractivity contribution >= 4 is 22.6 Å². The lowest BCUT2D eigenvalue weighted by Crippen LogP contribution is -2.02. The Hall–Kier alpha value is -0.290. The van der Waals surface area contributed by atoms with Crippen LogP contribution >= 0.6 is 22.6 Å². The van der Waals surface area contributed by atoms with Crippen LogP contribution in [0, 0.1) is 10.5 Å². The monoisotopic (exact) mass is 333 g/mol. The van der Waals surface area contributed by atoms with Gasteiger partial charge in [-0.3, -0.25) is 0 Å². The first-order valence-electron chi connectivity index (χ1n) is 5.54. The van der Waals surface area contributed by atoms with Gasteiger partial charge < -0.3 is 9.84 Å². The molecule has 1 unspecified atom stereocenters. The summed E-state index contributed by atoms with van der Waals surface area (Å²) in [6.07, 6.45) is 2.19. The van der Waals surface area contributed by atoms with Crippen LogP contribution in [0.4, 0.5) is 0 Å². The summed E-state index contributed by atoms with van der Waals surface area (Å²) in [6, 6.07) is 6.00. The number of rotatable bonds is 6. The van der Waals surface area contributed by atoms with Crippen molar-refractivity contribution in [3.63, 3.8) is 0 Å². The molecule has 0 aromatic heterocycles. The van der Waals surface area contributed by atoms with E-state index in [4.69, 9.17) is 9.84 Å². The Balaban J connectivity index is 2.73. The molecular formula is C13H18IO2. The zero-order valence-electron chi connectivity index (χ0n) is 9.58. The van der Waals surface area contributed by atoms with Gasteiger partial charge in [0.2, 0.25) is 0 Å². The van der Waals surface area contributed by atoms with Crippen LogP contribution in [-0.2, 0) is 0 Å². The van der Waals surface area contributed by atoms with Gasteiger partial charge in [-0.05, 0) is 59.7 Å². The minimum Gasteiger partial charge on any atom is -0.494 e. The molecule has 0 aliphatic rings. The molecule has 1 aromatic rings. The molecule has 0 heterocycles. The number of ether oxygens (including phenoxy) is 1. The van der Waals surface area contributed by atoms with Crippen molar-refractivity contribution in [2.75, 3.05) is 13.2 Å². The molecule has 2 nitrogen and oxygen atoms in total. The second-order valence-corrected chi connectivity index (χ2v) is 5.05. The van der Waals surface area contributed by atoms with Gasteiger partial charge in [0, 0.05) is 16.1 Å². The van der Waals surface area contributed by atoms with Gasteiger partial charge in [-0.2, -0.15) is 0 Å². The van der Waals surface area contributed by atoms with Crippen LogP contribution in [0.5, 0.6) is 5.75 Å². The van der Waals surface area contributed by atoms with E-state index in [1.807, 2.05) is 18.2 Å². The van der Waals surface area contributed by atoms with E-state index in [1.54, 1.807) is 0 Å². The van der Waals surface area contributed by atoms with Crippen LogP contribution in [0.25, 0.3) is 0 Å². The summed E-state index contributed by atoms with van der Waals surface area (Å²) in [4.78, 5) is 0. The van der Waals surface area contributed by atoms with Gasteiger partial charge in [0.05, 0.1) is 6.61 Å². The Morgan fingerprint density at radius 1 is 1.44 bits per heavy atom. The van der Waals surface area contributed by atoms with Gasteiger partial charge in [0.15, 0.2) is 0 Å². The smallest absolute Gasteiger partial charge is 0.120 e. The van der Waals surface area contributed by atoms with E-state index in [9.17, 15) is 0 Å². The van der Waals surface area contributed by atoms with E-state index in [-0.39, 0.29) is 12.5 Å². The minimum atomic E-state index is -0.0803. The highest BCUT2D eigenvalue weighted by molar-refractivity contribution is 14.1. The predicted molar refractivity (Wildman–Crippen MR) is 74.7 cm³/mol. The molecule has 1 N–H and O–H groups in total. The van der Waals surface area contributed by atoms with Crippen molar-refractivity contribution in [3.05, 3.63) is 34.3 Å². The third kappa shape index (κ3) is 4.29. The maximum atomic E-state index is 9.08. The molecular weight excluding hydrogens is 315 g/mol. The van der Waals surface area contributed by atoms with Crippen LogP contribution in [0.15, 0.2) is 18.2 Å². The lowest BCUT2D eigenvalue weighted by atomic mass is 10.0. The number of unbranched alkanes of at least 4 members (excludes halogenated alkanes) is 1. The Bertz CT molecular complexity index is 326. The fraction of sp³-hybridized carbons (Fsp3) is 0.462. The molecule has 16 heavy (non-hydrogen) atoms. The van der Waals surface area contributed by atoms with Gasteiger partial charge in [0.25, 0.3) is 0 Å². The molecule has 1 aromatic carbocycles. The maximum Gasteiger partial charge on any atom is 0.120 e. The topological polar surface area (TPSA) is 29.5 Å². The van der Waals surface area contributed by atoms with Gasteiger partial charge in [-0.25, -0.2) is 0 Å². The molecule has 1 rings (SSSR count). The van der Waals surface area contributed by atoms with Gasteiger partial charge in [-0.1, -0.05) is 13.3 Å². The first-order valence-corrected chi connectivity index (χ1v) is 6.62. The summed E-state index contributed by atoms with van der Waals surface area (Å²) in [6.45, 7) is 6.85. The normalized spacial score (nSPS) is 12.5. The SMILES string of the molecule is [CH2]C(CO)c1cc(I)cc(OCCCC)c1. The fourth-order valence-corrected chi connectivity index (χ4v) is 2.01. The number of hydrogen-bond acceptors (Lipinski definition) is 2. The Labute approximate surface area is 111 Å². The summed E-state index contributed by atoms with van der Waals surface area (Å²) in [5.74, 6) is 0.792. The van der Waals surface area contributed by atoms with Crippen molar-refractivity contribution in [3.8, 4) is 5.75 Å². The van der Waals surface area contributed by atoms with Crippen molar-refractivity contribution in [2.24, 2.45) is 0 Å². The van der Waals surface area contributed by atoms with Gasteiger partial charge in [-0.15, -0.1) is 0 Å². The molecule has 0 amide bonds. The summed E-state index contributed by atoms with van der Waals surface area (Å²) in [5.41, 5.74) is 1.03. The summed E-state index contributed by atoms with van der Waals surface area (Å²) < 4.78 is 6.76. The number of benzene rings is 1. The molecule has 89 valence electrons. The van der Waals surface area contributed by atoms with Gasteiger partial charge >= 0.3 is 0 Å². The second-order valence-electron chi connectivity index (χ2n) is 3.80. The quantitative estimate of drug-likeness (QED) is 0.639. The van der Waals surface area contributed by atoms with Crippen LogP contribution in [0.3, 0.4) is 0 Å². The highest BCUT2D eigenvalue weighted by Crippen LogP contribution is 2.24. The number of hydrogen-bond donors (Lipinski definition) is 1. The van der Waals surface area contributed by atoms with E-state index in [2.05, 4.69) is 36.4 Å². The average Bonchev–Trinajstić information content (AvgIpc) is 2.27. The Kier molecular flexibility index (Phi) is 6.13. The summed E-state index contributed by atoms with van der Waals surface area (Å²) >= 11 is 2.25. The van der Waals surface area contributed by atoms with Crippen LogP contribution in [0.2, 0.25) is 0 Å².